The van der Waals surface area contributed by atoms with E-state index in [9.17, 15) is 9.90 Å². The molecular formula is C23H26FN7O3. The Kier molecular flexibility index (Phi) is 5.35. The lowest BCUT2D eigenvalue weighted by Gasteiger charge is -2.33. The third-order valence-electron chi connectivity index (χ3n) is 6.42. The van der Waals surface area contributed by atoms with Crippen LogP contribution in [0.15, 0.2) is 30.7 Å². The van der Waals surface area contributed by atoms with Crippen LogP contribution in [0, 0.1) is 5.82 Å². The molecule has 0 unspecified atom stereocenters. The molecule has 1 saturated carbocycles. The Morgan fingerprint density at radius 1 is 1.32 bits per heavy atom. The van der Waals surface area contributed by atoms with E-state index < -0.39 is 11.4 Å². The number of hydrogen-bond donors (Lipinski definition) is 3. The van der Waals surface area contributed by atoms with Gasteiger partial charge in [0.15, 0.2) is 5.82 Å². The molecule has 34 heavy (non-hydrogen) atoms. The maximum absolute atomic E-state index is 15.2. The molecule has 0 aliphatic heterocycles. The van der Waals surface area contributed by atoms with Crippen LogP contribution in [0.3, 0.4) is 0 Å². The third kappa shape index (κ3) is 3.81. The van der Waals surface area contributed by atoms with Crippen LogP contribution < -0.4 is 15.4 Å². The molecule has 0 radical (unpaired) electrons. The van der Waals surface area contributed by atoms with Crippen molar-refractivity contribution in [3.8, 4) is 17.0 Å². The first-order valence-electron chi connectivity index (χ1n) is 11.1. The molecule has 11 heteroatoms. The molecule has 0 spiro atoms. The second kappa shape index (κ2) is 8.24. The molecule has 1 aliphatic rings. The fourth-order valence-corrected chi connectivity index (χ4v) is 4.51. The van der Waals surface area contributed by atoms with Crippen LogP contribution in [0.25, 0.3) is 22.2 Å². The van der Waals surface area contributed by atoms with E-state index in [-0.39, 0.29) is 23.4 Å². The molecule has 0 atom stereocenters. The molecule has 178 valence electrons. The predicted molar refractivity (Wildman–Crippen MR) is 124 cm³/mol. The van der Waals surface area contributed by atoms with Crippen molar-refractivity contribution in [2.75, 3.05) is 19.5 Å². The van der Waals surface area contributed by atoms with Gasteiger partial charge in [-0.3, -0.25) is 4.79 Å². The molecule has 4 heterocycles. The Bertz CT molecular complexity index is 1380. The van der Waals surface area contributed by atoms with Gasteiger partial charge in [-0.15, -0.1) is 5.10 Å². The van der Waals surface area contributed by atoms with E-state index in [0.717, 1.165) is 12.8 Å². The number of hydrogen-bond acceptors (Lipinski definition) is 7. The van der Waals surface area contributed by atoms with Crippen molar-refractivity contribution in [2.24, 2.45) is 0 Å². The summed E-state index contributed by atoms with van der Waals surface area (Å²) in [5.41, 5.74) is 1.46. The molecule has 5 rings (SSSR count). The van der Waals surface area contributed by atoms with Crippen LogP contribution in [-0.4, -0.2) is 61.0 Å². The van der Waals surface area contributed by atoms with E-state index in [1.165, 1.54) is 24.0 Å². The minimum atomic E-state index is -0.645. The van der Waals surface area contributed by atoms with Gasteiger partial charge in [-0.05, 0) is 50.3 Å². The minimum absolute atomic E-state index is 0.106. The Balaban J connectivity index is 1.55. The number of halogens is 1. The second-order valence-corrected chi connectivity index (χ2v) is 8.89. The zero-order valence-electron chi connectivity index (χ0n) is 19.2. The summed E-state index contributed by atoms with van der Waals surface area (Å²) in [6, 6.07) is 3.52. The smallest absolute Gasteiger partial charge is 0.254 e. The number of nitrogens with one attached hydrogen (secondary N) is 2. The van der Waals surface area contributed by atoms with Crippen LogP contribution >= 0.6 is 0 Å². The number of aliphatic hydroxyl groups is 1. The number of amides is 1. The number of ether oxygens (including phenoxy) is 1. The standard InChI is InChI=1S/C23H26FN7O3/c1-23(33)7-4-14(5-8-23)27-22-28-21(34-3)19-18(16(24)12-31(19)29-22)13-6-9-30-17(10-13)15(11-26-30)20(32)25-2/h6,9-12,14,33H,4-5,7-8H2,1-3H3,(H,25,32)(H,27,29)/t14-,23-. The molecule has 4 aromatic heterocycles. The molecule has 10 nitrogen and oxygen atoms in total. The minimum Gasteiger partial charge on any atom is -0.479 e. The van der Waals surface area contributed by atoms with E-state index in [4.69, 9.17) is 4.74 Å². The molecule has 4 aromatic rings. The third-order valence-corrected chi connectivity index (χ3v) is 6.42. The number of pyridine rings is 1. The Hall–Kier alpha value is -3.73. The first kappa shape index (κ1) is 22.1. The van der Waals surface area contributed by atoms with Gasteiger partial charge in [0.05, 0.1) is 41.7 Å². The summed E-state index contributed by atoms with van der Waals surface area (Å²) >= 11 is 0. The van der Waals surface area contributed by atoms with E-state index >= 15 is 4.39 Å². The number of anilines is 1. The number of carbonyl (C=O) groups excluding carboxylic acids is 1. The highest BCUT2D eigenvalue weighted by atomic mass is 19.1. The summed E-state index contributed by atoms with van der Waals surface area (Å²) in [5, 5.41) is 24.7. The van der Waals surface area contributed by atoms with Crippen molar-refractivity contribution in [1.29, 1.82) is 0 Å². The molecule has 1 amide bonds. The van der Waals surface area contributed by atoms with E-state index in [1.54, 1.807) is 29.9 Å². The van der Waals surface area contributed by atoms with Gasteiger partial charge in [-0.25, -0.2) is 13.4 Å². The van der Waals surface area contributed by atoms with Crippen LogP contribution in [0.2, 0.25) is 0 Å². The summed E-state index contributed by atoms with van der Waals surface area (Å²) in [5.74, 6) is -0.233. The van der Waals surface area contributed by atoms with Gasteiger partial charge in [0.2, 0.25) is 11.8 Å². The zero-order valence-corrected chi connectivity index (χ0v) is 19.2. The van der Waals surface area contributed by atoms with Crippen LogP contribution in [0.4, 0.5) is 10.3 Å². The maximum atomic E-state index is 15.2. The second-order valence-electron chi connectivity index (χ2n) is 8.89. The number of methoxy groups -OCH3 is 1. The van der Waals surface area contributed by atoms with Crippen molar-refractivity contribution >= 4 is 22.9 Å². The summed E-state index contributed by atoms with van der Waals surface area (Å²) in [7, 11) is 3.02. The normalized spacial score (nSPS) is 20.6. The Labute approximate surface area is 194 Å². The van der Waals surface area contributed by atoms with Crippen molar-refractivity contribution in [2.45, 2.75) is 44.2 Å². The molecule has 0 aromatic carbocycles. The first-order valence-corrected chi connectivity index (χ1v) is 11.1. The molecule has 1 aliphatic carbocycles. The average molecular weight is 468 g/mol. The van der Waals surface area contributed by atoms with E-state index in [2.05, 4.69) is 25.8 Å². The summed E-state index contributed by atoms with van der Waals surface area (Å²) in [4.78, 5) is 16.7. The van der Waals surface area contributed by atoms with Gasteiger partial charge < -0.3 is 20.5 Å². The number of rotatable bonds is 5. The highest BCUT2D eigenvalue weighted by Gasteiger charge is 2.29. The zero-order chi connectivity index (χ0) is 24.0. The van der Waals surface area contributed by atoms with Gasteiger partial charge >= 0.3 is 0 Å². The number of aromatic nitrogens is 5. The van der Waals surface area contributed by atoms with Crippen LogP contribution in [0.5, 0.6) is 5.88 Å². The molecule has 0 saturated heterocycles. The van der Waals surface area contributed by atoms with Gasteiger partial charge in [-0.1, -0.05) is 0 Å². The monoisotopic (exact) mass is 467 g/mol. The fourth-order valence-electron chi connectivity index (χ4n) is 4.51. The van der Waals surface area contributed by atoms with Crippen LogP contribution in [0.1, 0.15) is 43.0 Å². The van der Waals surface area contributed by atoms with Crippen molar-refractivity contribution in [3.05, 3.63) is 42.1 Å². The number of fused-ring (bicyclic) bond motifs is 2. The quantitative estimate of drug-likeness (QED) is 0.413. The Morgan fingerprint density at radius 2 is 2.09 bits per heavy atom. The Morgan fingerprint density at radius 3 is 2.79 bits per heavy atom. The average Bonchev–Trinajstić information content (AvgIpc) is 3.39. The lowest BCUT2D eigenvalue weighted by molar-refractivity contribution is 0.0195. The molecule has 3 N–H and O–H groups in total. The SMILES string of the molecule is CNC(=O)c1cnn2ccc(-c3c(F)cn4nc(N[C@H]5CC[C@](C)(O)CC5)nc(OC)c34)cc12. The van der Waals surface area contributed by atoms with Gasteiger partial charge in [0.1, 0.15) is 5.52 Å². The summed E-state index contributed by atoms with van der Waals surface area (Å²) in [6.07, 6.45) is 7.34. The molecule has 1 fully saturated rings. The molecular weight excluding hydrogens is 441 g/mol. The summed E-state index contributed by atoms with van der Waals surface area (Å²) < 4.78 is 23.7. The highest BCUT2D eigenvalue weighted by Crippen LogP contribution is 2.35. The number of nitrogens with zero attached hydrogens (tertiary/aromatic N) is 5. The predicted octanol–water partition coefficient (Wildman–Crippen LogP) is 2.66. The lowest BCUT2D eigenvalue weighted by Crippen LogP contribution is -2.36. The van der Waals surface area contributed by atoms with E-state index in [0.29, 0.717) is 41.0 Å². The maximum Gasteiger partial charge on any atom is 0.254 e. The topological polar surface area (TPSA) is 118 Å². The number of carbonyl (C=O) groups is 1. The van der Waals surface area contributed by atoms with Gasteiger partial charge in [0.25, 0.3) is 5.91 Å². The summed E-state index contributed by atoms with van der Waals surface area (Å²) in [6.45, 7) is 1.85. The van der Waals surface area contributed by atoms with Crippen LogP contribution in [-0.2, 0) is 0 Å². The lowest BCUT2D eigenvalue weighted by atomic mass is 9.84. The molecule has 0 bridgehead atoms. The highest BCUT2D eigenvalue weighted by molar-refractivity contribution is 6.01. The largest absolute Gasteiger partial charge is 0.479 e. The fraction of sp³-hybridized carbons (Fsp3) is 0.391. The first-order chi connectivity index (χ1) is 16.3. The van der Waals surface area contributed by atoms with Gasteiger partial charge in [-0.2, -0.15) is 10.1 Å². The van der Waals surface area contributed by atoms with Gasteiger partial charge in [0, 0.05) is 19.3 Å². The van der Waals surface area contributed by atoms with Crippen molar-refractivity contribution in [1.82, 2.24) is 29.5 Å². The van der Waals surface area contributed by atoms with Crippen molar-refractivity contribution in [3.63, 3.8) is 0 Å². The van der Waals surface area contributed by atoms with E-state index in [1.807, 2.05) is 6.92 Å². The van der Waals surface area contributed by atoms with Crippen molar-refractivity contribution < 1.29 is 19.0 Å².